The number of carbonyl (C=O) groups is 1. The lowest BCUT2D eigenvalue weighted by Crippen LogP contribution is -2.27. The van der Waals surface area contributed by atoms with Crippen LogP contribution in [0, 0.1) is 0 Å². The molecule has 8 heteroatoms. The molecule has 0 bridgehead atoms. The average Bonchev–Trinajstić information content (AvgIpc) is 2.30. The van der Waals surface area contributed by atoms with Gasteiger partial charge in [0.15, 0.2) is 0 Å². The van der Waals surface area contributed by atoms with E-state index in [2.05, 4.69) is 4.72 Å². The van der Waals surface area contributed by atoms with Crippen LogP contribution in [0.4, 0.5) is 0 Å². The van der Waals surface area contributed by atoms with Crippen molar-refractivity contribution >= 4 is 39.2 Å². The number of esters is 1. The summed E-state index contributed by atoms with van der Waals surface area (Å²) in [6, 6.07) is 4.13. The quantitative estimate of drug-likeness (QED) is 0.808. The Morgan fingerprint density at radius 1 is 1.35 bits per heavy atom. The zero-order valence-electron chi connectivity index (χ0n) is 11.0. The minimum absolute atomic E-state index is 0.0599. The van der Waals surface area contributed by atoms with Crippen LogP contribution < -0.4 is 4.72 Å². The minimum Gasteiger partial charge on any atom is -0.463 e. The Morgan fingerprint density at radius 2 is 2.00 bits per heavy atom. The predicted octanol–water partition coefficient (Wildman–Crippen LogP) is 2.61. The molecule has 1 N–H and O–H groups in total. The SMILES string of the molecule is CC(C)OC(=O)CCNS(=O)(=O)c1cc(Cl)ccc1Cl. The Morgan fingerprint density at radius 3 is 2.60 bits per heavy atom. The summed E-state index contributed by atoms with van der Waals surface area (Å²) in [5.74, 6) is -0.472. The molecule has 0 heterocycles. The van der Waals surface area contributed by atoms with E-state index in [1.165, 1.54) is 18.2 Å². The first kappa shape index (κ1) is 17.2. The fourth-order valence-electron chi connectivity index (χ4n) is 1.37. The molecule has 0 atom stereocenters. The van der Waals surface area contributed by atoms with Gasteiger partial charge in [0.2, 0.25) is 10.0 Å². The van der Waals surface area contributed by atoms with E-state index in [0.29, 0.717) is 0 Å². The maximum atomic E-state index is 12.0. The molecule has 0 aliphatic heterocycles. The van der Waals surface area contributed by atoms with Gasteiger partial charge < -0.3 is 4.74 Å². The fourth-order valence-corrected chi connectivity index (χ4v) is 3.16. The lowest BCUT2D eigenvalue weighted by atomic mass is 10.4. The molecular formula is C12H15Cl2NO4S. The van der Waals surface area contributed by atoms with Gasteiger partial charge in [-0.25, -0.2) is 13.1 Å². The standard InChI is InChI=1S/C12H15Cl2NO4S/c1-8(2)19-12(16)5-6-15-20(17,18)11-7-9(13)3-4-10(11)14/h3-4,7-8,15H,5-6H2,1-2H3. The highest BCUT2D eigenvalue weighted by Gasteiger charge is 2.18. The van der Waals surface area contributed by atoms with Crippen LogP contribution in [-0.2, 0) is 19.6 Å². The van der Waals surface area contributed by atoms with E-state index in [0.717, 1.165) is 0 Å². The number of hydrogen-bond acceptors (Lipinski definition) is 4. The minimum atomic E-state index is -3.81. The first-order chi connectivity index (χ1) is 9.22. The summed E-state index contributed by atoms with van der Waals surface area (Å²) in [6.45, 7) is 3.36. The molecule has 1 aromatic carbocycles. The van der Waals surface area contributed by atoms with Crippen molar-refractivity contribution in [3.05, 3.63) is 28.2 Å². The second-order valence-electron chi connectivity index (χ2n) is 4.26. The third-order valence-corrected chi connectivity index (χ3v) is 4.35. The van der Waals surface area contributed by atoms with Crippen molar-refractivity contribution in [2.75, 3.05) is 6.54 Å². The Bertz CT molecular complexity index is 587. The Hall–Kier alpha value is -0.820. The van der Waals surface area contributed by atoms with Crippen LogP contribution in [0.2, 0.25) is 10.0 Å². The second-order valence-corrected chi connectivity index (χ2v) is 6.84. The van der Waals surface area contributed by atoms with Gasteiger partial charge in [-0.1, -0.05) is 23.2 Å². The average molecular weight is 340 g/mol. The summed E-state index contributed by atoms with van der Waals surface area (Å²) in [4.78, 5) is 11.2. The van der Waals surface area contributed by atoms with Crippen LogP contribution in [0.5, 0.6) is 0 Å². The summed E-state index contributed by atoms with van der Waals surface area (Å²) in [6.07, 6.45) is -0.295. The van der Waals surface area contributed by atoms with Crippen LogP contribution in [0.25, 0.3) is 0 Å². The number of sulfonamides is 1. The number of benzene rings is 1. The molecule has 20 heavy (non-hydrogen) atoms. The van der Waals surface area contributed by atoms with Gasteiger partial charge >= 0.3 is 5.97 Å². The maximum absolute atomic E-state index is 12.0. The molecule has 0 radical (unpaired) electrons. The van der Waals surface area contributed by atoms with E-state index in [9.17, 15) is 13.2 Å². The van der Waals surface area contributed by atoms with Crippen molar-refractivity contribution in [2.24, 2.45) is 0 Å². The van der Waals surface area contributed by atoms with E-state index in [1.54, 1.807) is 13.8 Å². The number of ether oxygens (including phenoxy) is 1. The molecule has 0 saturated carbocycles. The maximum Gasteiger partial charge on any atom is 0.307 e. The Kier molecular flexibility index (Phi) is 6.26. The summed E-state index contributed by atoms with van der Waals surface area (Å²) in [7, 11) is -3.81. The van der Waals surface area contributed by atoms with E-state index < -0.39 is 16.0 Å². The lowest BCUT2D eigenvalue weighted by molar-refractivity contribution is -0.147. The molecule has 0 saturated heterocycles. The largest absolute Gasteiger partial charge is 0.463 e. The van der Waals surface area contributed by atoms with Crippen molar-refractivity contribution in [1.82, 2.24) is 4.72 Å². The number of halogens is 2. The van der Waals surface area contributed by atoms with Gasteiger partial charge in [0.1, 0.15) is 4.90 Å². The van der Waals surface area contributed by atoms with Crippen molar-refractivity contribution in [3.63, 3.8) is 0 Å². The molecule has 112 valence electrons. The molecule has 0 fully saturated rings. The van der Waals surface area contributed by atoms with Crippen molar-refractivity contribution in [2.45, 2.75) is 31.3 Å². The Balaban J connectivity index is 2.67. The molecule has 0 aromatic heterocycles. The molecule has 5 nitrogen and oxygen atoms in total. The molecule has 0 aliphatic carbocycles. The van der Waals surface area contributed by atoms with Gasteiger partial charge in [0.25, 0.3) is 0 Å². The topological polar surface area (TPSA) is 72.5 Å². The Labute approximate surface area is 128 Å². The molecular weight excluding hydrogens is 325 g/mol. The van der Waals surface area contributed by atoms with Crippen LogP contribution in [0.15, 0.2) is 23.1 Å². The van der Waals surface area contributed by atoms with Gasteiger partial charge in [-0.2, -0.15) is 0 Å². The molecule has 0 spiro atoms. The summed E-state index contributed by atoms with van der Waals surface area (Å²) >= 11 is 11.6. The van der Waals surface area contributed by atoms with Gasteiger partial charge in [-0.05, 0) is 32.0 Å². The first-order valence-corrected chi connectivity index (χ1v) is 8.10. The van der Waals surface area contributed by atoms with Crippen LogP contribution >= 0.6 is 23.2 Å². The summed E-state index contributed by atoms with van der Waals surface area (Å²) < 4.78 is 31.2. The zero-order chi connectivity index (χ0) is 15.3. The van der Waals surface area contributed by atoms with Crippen LogP contribution in [0.1, 0.15) is 20.3 Å². The second kappa shape index (κ2) is 7.26. The highest BCUT2D eigenvalue weighted by molar-refractivity contribution is 7.89. The number of nitrogens with one attached hydrogen (secondary N) is 1. The zero-order valence-corrected chi connectivity index (χ0v) is 13.3. The molecule has 1 aromatic rings. The fraction of sp³-hybridized carbons (Fsp3) is 0.417. The van der Waals surface area contributed by atoms with E-state index in [-0.39, 0.29) is 34.0 Å². The molecule has 0 amide bonds. The van der Waals surface area contributed by atoms with Crippen LogP contribution in [-0.4, -0.2) is 27.0 Å². The van der Waals surface area contributed by atoms with Crippen LogP contribution in [0.3, 0.4) is 0 Å². The van der Waals surface area contributed by atoms with Crippen molar-refractivity contribution in [1.29, 1.82) is 0 Å². The highest BCUT2D eigenvalue weighted by Crippen LogP contribution is 2.24. The van der Waals surface area contributed by atoms with Gasteiger partial charge in [0.05, 0.1) is 17.5 Å². The number of rotatable bonds is 6. The number of hydrogen-bond donors (Lipinski definition) is 1. The van der Waals surface area contributed by atoms with E-state index >= 15 is 0 Å². The molecule has 0 aliphatic rings. The summed E-state index contributed by atoms with van der Waals surface area (Å²) in [5, 5.41) is 0.320. The van der Waals surface area contributed by atoms with Gasteiger partial charge in [-0.15, -0.1) is 0 Å². The van der Waals surface area contributed by atoms with E-state index in [4.69, 9.17) is 27.9 Å². The number of carbonyl (C=O) groups excluding carboxylic acids is 1. The smallest absolute Gasteiger partial charge is 0.307 e. The normalized spacial score (nSPS) is 11.7. The lowest BCUT2D eigenvalue weighted by Gasteiger charge is -2.10. The third kappa shape index (κ3) is 5.28. The third-order valence-electron chi connectivity index (χ3n) is 2.17. The predicted molar refractivity (Wildman–Crippen MR) is 77.5 cm³/mol. The van der Waals surface area contributed by atoms with Gasteiger partial charge in [0, 0.05) is 11.6 Å². The molecule has 0 unspecified atom stereocenters. The molecule has 1 rings (SSSR count). The summed E-state index contributed by atoms with van der Waals surface area (Å²) in [5.41, 5.74) is 0. The van der Waals surface area contributed by atoms with E-state index in [1.807, 2.05) is 0 Å². The monoisotopic (exact) mass is 339 g/mol. The van der Waals surface area contributed by atoms with Gasteiger partial charge in [-0.3, -0.25) is 4.79 Å². The first-order valence-electron chi connectivity index (χ1n) is 5.86. The van der Waals surface area contributed by atoms with Crippen molar-refractivity contribution < 1.29 is 17.9 Å². The van der Waals surface area contributed by atoms with Crippen molar-refractivity contribution in [3.8, 4) is 0 Å². The highest BCUT2D eigenvalue weighted by atomic mass is 35.5.